The Hall–Kier alpha value is -0.150. The SMILES string of the molecule is CN=C(NCCCCSC)NCC1CCN(c2cccc(Br)c2)C1.I. The fraction of sp³-hybridized carbons (Fsp3) is 0.611. The zero-order chi connectivity index (χ0) is 17.2. The second-order valence-electron chi connectivity index (χ2n) is 6.16. The topological polar surface area (TPSA) is 39.7 Å². The number of hydrogen-bond acceptors (Lipinski definition) is 3. The molecule has 1 aliphatic heterocycles. The molecule has 0 spiro atoms. The highest BCUT2D eigenvalue weighted by Crippen LogP contribution is 2.25. The number of nitrogens with zero attached hydrogens (tertiary/aromatic N) is 2. The van der Waals surface area contributed by atoms with Gasteiger partial charge in [0.25, 0.3) is 0 Å². The van der Waals surface area contributed by atoms with Gasteiger partial charge in [0.05, 0.1) is 0 Å². The van der Waals surface area contributed by atoms with Gasteiger partial charge >= 0.3 is 0 Å². The van der Waals surface area contributed by atoms with Crippen molar-refractivity contribution in [2.75, 3.05) is 50.1 Å². The number of anilines is 1. The van der Waals surface area contributed by atoms with Crippen molar-refractivity contribution in [2.24, 2.45) is 10.9 Å². The highest BCUT2D eigenvalue weighted by atomic mass is 127. The van der Waals surface area contributed by atoms with Crippen molar-refractivity contribution in [2.45, 2.75) is 19.3 Å². The molecule has 0 radical (unpaired) electrons. The molecule has 0 aromatic heterocycles. The molecule has 0 bridgehead atoms. The highest BCUT2D eigenvalue weighted by molar-refractivity contribution is 14.0. The fourth-order valence-electron chi connectivity index (χ4n) is 2.95. The number of halogens is 2. The number of aliphatic imine (C=N–C) groups is 1. The lowest BCUT2D eigenvalue weighted by atomic mass is 10.1. The monoisotopic (exact) mass is 540 g/mol. The van der Waals surface area contributed by atoms with Gasteiger partial charge in [-0.3, -0.25) is 4.99 Å². The summed E-state index contributed by atoms with van der Waals surface area (Å²) in [4.78, 5) is 6.79. The third-order valence-electron chi connectivity index (χ3n) is 4.31. The molecule has 0 saturated carbocycles. The van der Waals surface area contributed by atoms with E-state index < -0.39 is 0 Å². The van der Waals surface area contributed by atoms with Crippen molar-refractivity contribution in [3.8, 4) is 0 Å². The maximum atomic E-state index is 4.33. The van der Waals surface area contributed by atoms with E-state index in [0.29, 0.717) is 5.92 Å². The summed E-state index contributed by atoms with van der Waals surface area (Å²) in [5.74, 6) is 2.83. The quantitative estimate of drug-likeness (QED) is 0.224. The number of guanidine groups is 1. The van der Waals surface area contributed by atoms with Gasteiger partial charge < -0.3 is 15.5 Å². The van der Waals surface area contributed by atoms with Gasteiger partial charge in [-0.15, -0.1) is 24.0 Å². The van der Waals surface area contributed by atoms with Crippen LogP contribution in [0.1, 0.15) is 19.3 Å². The molecule has 1 aromatic rings. The van der Waals surface area contributed by atoms with E-state index in [1.807, 2.05) is 18.8 Å². The summed E-state index contributed by atoms with van der Waals surface area (Å²) in [7, 11) is 1.85. The summed E-state index contributed by atoms with van der Waals surface area (Å²) < 4.78 is 1.15. The van der Waals surface area contributed by atoms with E-state index in [1.165, 1.54) is 30.7 Å². The molecule has 1 unspecified atom stereocenters. The zero-order valence-corrected chi connectivity index (χ0v) is 19.9. The molecule has 1 fully saturated rings. The van der Waals surface area contributed by atoms with E-state index in [4.69, 9.17) is 0 Å². The van der Waals surface area contributed by atoms with Crippen LogP contribution in [0.3, 0.4) is 0 Å². The van der Waals surface area contributed by atoms with Crippen LogP contribution in [0.25, 0.3) is 0 Å². The predicted molar refractivity (Wildman–Crippen MR) is 127 cm³/mol. The van der Waals surface area contributed by atoms with E-state index >= 15 is 0 Å². The van der Waals surface area contributed by atoms with Gasteiger partial charge in [-0.1, -0.05) is 22.0 Å². The summed E-state index contributed by atoms with van der Waals surface area (Å²) in [6.45, 7) is 4.21. The highest BCUT2D eigenvalue weighted by Gasteiger charge is 2.22. The normalized spacial score (nSPS) is 17.3. The molecule has 4 nitrogen and oxygen atoms in total. The summed E-state index contributed by atoms with van der Waals surface area (Å²) >= 11 is 5.47. The van der Waals surface area contributed by atoms with Crippen LogP contribution in [0.2, 0.25) is 0 Å². The second kappa shape index (κ2) is 13.1. The molecule has 0 aliphatic carbocycles. The van der Waals surface area contributed by atoms with Crippen LogP contribution in [0.4, 0.5) is 5.69 Å². The lowest BCUT2D eigenvalue weighted by Crippen LogP contribution is -2.40. The Balaban J connectivity index is 0.00000312. The van der Waals surface area contributed by atoms with Crippen molar-refractivity contribution in [1.29, 1.82) is 0 Å². The molecule has 1 aliphatic rings. The first-order valence-corrected chi connectivity index (χ1v) is 10.9. The Bertz CT molecular complexity index is 530. The number of rotatable bonds is 8. The largest absolute Gasteiger partial charge is 0.371 e. The number of benzene rings is 1. The average Bonchev–Trinajstić information content (AvgIpc) is 3.06. The molecular weight excluding hydrogens is 511 g/mol. The van der Waals surface area contributed by atoms with Crippen LogP contribution >= 0.6 is 51.7 Å². The first-order chi connectivity index (χ1) is 11.7. The zero-order valence-electron chi connectivity index (χ0n) is 15.1. The Labute approximate surface area is 182 Å². The summed E-state index contributed by atoms with van der Waals surface area (Å²) in [6.07, 6.45) is 5.84. The average molecular weight is 541 g/mol. The number of thioether (sulfide) groups is 1. The maximum Gasteiger partial charge on any atom is 0.190 e. The number of unbranched alkanes of at least 4 members (excludes halogenated alkanes) is 1. The van der Waals surface area contributed by atoms with Gasteiger partial charge in [-0.25, -0.2) is 0 Å². The van der Waals surface area contributed by atoms with E-state index in [1.54, 1.807) is 0 Å². The van der Waals surface area contributed by atoms with E-state index in [9.17, 15) is 0 Å². The minimum absolute atomic E-state index is 0. The van der Waals surface area contributed by atoms with Crippen LogP contribution in [0.5, 0.6) is 0 Å². The fourth-order valence-corrected chi connectivity index (χ4v) is 3.83. The smallest absolute Gasteiger partial charge is 0.190 e. The van der Waals surface area contributed by atoms with Gasteiger partial charge in [-0.05, 0) is 55.4 Å². The molecule has 25 heavy (non-hydrogen) atoms. The van der Waals surface area contributed by atoms with Crippen LogP contribution in [0.15, 0.2) is 33.7 Å². The minimum Gasteiger partial charge on any atom is -0.371 e. The van der Waals surface area contributed by atoms with Crippen molar-refractivity contribution < 1.29 is 0 Å². The molecule has 1 atom stereocenters. The van der Waals surface area contributed by atoms with E-state index in [0.717, 1.165) is 36.6 Å². The Morgan fingerprint density at radius 3 is 2.92 bits per heavy atom. The Morgan fingerprint density at radius 2 is 2.20 bits per heavy atom. The van der Waals surface area contributed by atoms with Gasteiger partial charge in [-0.2, -0.15) is 11.8 Å². The Morgan fingerprint density at radius 1 is 1.36 bits per heavy atom. The molecule has 142 valence electrons. The maximum absolute atomic E-state index is 4.33. The van der Waals surface area contributed by atoms with Gasteiger partial charge in [0.15, 0.2) is 5.96 Å². The summed E-state index contributed by atoms with van der Waals surface area (Å²) in [5.41, 5.74) is 1.31. The van der Waals surface area contributed by atoms with E-state index in [2.05, 4.69) is 67.0 Å². The van der Waals surface area contributed by atoms with Gasteiger partial charge in [0, 0.05) is 43.4 Å². The van der Waals surface area contributed by atoms with Crippen LogP contribution in [-0.2, 0) is 0 Å². The Kier molecular flexibility index (Phi) is 12.0. The van der Waals surface area contributed by atoms with Crippen molar-refractivity contribution >= 4 is 63.3 Å². The number of hydrogen-bond donors (Lipinski definition) is 2. The molecule has 0 amide bonds. The molecule has 2 N–H and O–H groups in total. The lowest BCUT2D eigenvalue weighted by Gasteiger charge is -2.19. The second-order valence-corrected chi connectivity index (χ2v) is 8.06. The van der Waals surface area contributed by atoms with Crippen LogP contribution in [0, 0.1) is 5.92 Å². The molecule has 1 saturated heterocycles. The predicted octanol–water partition coefficient (Wildman–Crippen LogP) is 4.20. The third kappa shape index (κ3) is 8.39. The summed E-state index contributed by atoms with van der Waals surface area (Å²) in [5, 5.41) is 6.90. The van der Waals surface area contributed by atoms with Crippen molar-refractivity contribution in [3.63, 3.8) is 0 Å². The lowest BCUT2D eigenvalue weighted by molar-refractivity contribution is 0.565. The van der Waals surface area contributed by atoms with E-state index in [-0.39, 0.29) is 24.0 Å². The van der Waals surface area contributed by atoms with Crippen molar-refractivity contribution in [3.05, 3.63) is 28.7 Å². The minimum atomic E-state index is 0. The molecule has 1 heterocycles. The van der Waals surface area contributed by atoms with Gasteiger partial charge in [0.1, 0.15) is 0 Å². The first-order valence-electron chi connectivity index (χ1n) is 8.67. The summed E-state index contributed by atoms with van der Waals surface area (Å²) in [6, 6.07) is 8.57. The van der Waals surface area contributed by atoms with Crippen molar-refractivity contribution in [1.82, 2.24) is 10.6 Å². The molecule has 7 heteroatoms. The van der Waals surface area contributed by atoms with Crippen LogP contribution < -0.4 is 15.5 Å². The molecule has 2 rings (SSSR count). The standard InChI is InChI=1S/C18H29BrN4S.HI/c1-20-18(21-9-3-4-11-24-2)22-13-15-8-10-23(14-15)17-7-5-6-16(19)12-17;/h5-7,12,15H,3-4,8-11,13-14H2,1-2H3,(H2,20,21,22);1H. The van der Waals surface area contributed by atoms with Crippen LogP contribution in [-0.4, -0.2) is 51.2 Å². The van der Waals surface area contributed by atoms with Gasteiger partial charge in [0.2, 0.25) is 0 Å². The molecular formula is C18H30BrIN4S. The number of nitrogens with one attached hydrogen (secondary N) is 2. The first kappa shape index (κ1) is 22.9. The molecule has 1 aromatic carbocycles. The third-order valence-corrected chi connectivity index (χ3v) is 5.50.